The molecule has 6 nitrogen and oxygen atoms in total. The molecule has 0 aromatic rings. The number of amides is 2. The van der Waals surface area contributed by atoms with Crippen LogP contribution in [0.2, 0.25) is 0 Å². The van der Waals surface area contributed by atoms with Gasteiger partial charge in [0.1, 0.15) is 6.04 Å². The summed E-state index contributed by atoms with van der Waals surface area (Å²) in [6.07, 6.45) is 6.41. The number of nitrogens with zero attached hydrogens (tertiary/aromatic N) is 2. The maximum Gasteiger partial charge on any atom is 0.241 e. The third-order valence-corrected chi connectivity index (χ3v) is 5.89. The van der Waals surface area contributed by atoms with E-state index in [1.165, 1.54) is 6.42 Å². The number of hydrogen-bond acceptors (Lipinski definition) is 4. The molecule has 0 aromatic heterocycles. The number of hydrogen-bond donors (Lipinski definition) is 1. The summed E-state index contributed by atoms with van der Waals surface area (Å²) in [5, 5.41) is 0. The van der Waals surface area contributed by atoms with Crippen LogP contribution in [0.25, 0.3) is 0 Å². The summed E-state index contributed by atoms with van der Waals surface area (Å²) >= 11 is 0. The molecule has 2 unspecified atom stereocenters. The van der Waals surface area contributed by atoms with Crippen LogP contribution in [-0.4, -0.2) is 67.6 Å². The molecule has 6 heteroatoms. The van der Waals surface area contributed by atoms with Crippen LogP contribution in [0.5, 0.6) is 0 Å². The van der Waals surface area contributed by atoms with Crippen molar-refractivity contribution in [3.63, 3.8) is 0 Å². The first-order valence-electron chi connectivity index (χ1n) is 8.89. The number of carbonyl (C=O) groups excluding carboxylic acids is 2. The van der Waals surface area contributed by atoms with Crippen molar-refractivity contribution in [3.05, 3.63) is 0 Å². The molecule has 130 valence electrons. The third-order valence-electron chi connectivity index (χ3n) is 5.89. The highest BCUT2D eigenvalue weighted by Gasteiger charge is 2.59. The van der Waals surface area contributed by atoms with E-state index in [-0.39, 0.29) is 23.8 Å². The number of methoxy groups -OCH3 is 1. The van der Waals surface area contributed by atoms with Crippen molar-refractivity contribution in [2.75, 3.05) is 39.9 Å². The molecule has 2 aliphatic heterocycles. The van der Waals surface area contributed by atoms with Gasteiger partial charge in [0.05, 0.1) is 6.61 Å². The summed E-state index contributed by atoms with van der Waals surface area (Å²) in [5.74, 6) is 0.535. The normalized spacial score (nSPS) is 27.8. The van der Waals surface area contributed by atoms with E-state index in [4.69, 9.17) is 10.5 Å². The lowest BCUT2D eigenvalue weighted by Gasteiger charge is -2.35. The van der Waals surface area contributed by atoms with Crippen molar-refractivity contribution in [1.29, 1.82) is 0 Å². The zero-order valence-electron chi connectivity index (χ0n) is 14.1. The van der Waals surface area contributed by atoms with Crippen molar-refractivity contribution in [3.8, 4) is 0 Å². The molecule has 0 bridgehead atoms. The van der Waals surface area contributed by atoms with Gasteiger partial charge in [0.25, 0.3) is 0 Å². The fourth-order valence-corrected chi connectivity index (χ4v) is 4.24. The highest BCUT2D eigenvalue weighted by atomic mass is 16.5. The number of carbonyl (C=O) groups is 2. The van der Waals surface area contributed by atoms with Crippen LogP contribution in [0.1, 0.15) is 38.5 Å². The average Bonchev–Trinajstić information content (AvgIpc) is 3.28. The van der Waals surface area contributed by atoms with Gasteiger partial charge in [-0.15, -0.1) is 0 Å². The summed E-state index contributed by atoms with van der Waals surface area (Å²) in [6, 6.07) is -0.570. The molecule has 3 fully saturated rings. The van der Waals surface area contributed by atoms with E-state index < -0.39 is 6.04 Å². The van der Waals surface area contributed by atoms with Crippen LogP contribution < -0.4 is 5.73 Å². The Balaban J connectivity index is 1.50. The van der Waals surface area contributed by atoms with Gasteiger partial charge < -0.3 is 20.3 Å². The van der Waals surface area contributed by atoms with Crippen molar-refractivity contribution in [2.45, 2.75) is 44.6 Å². The number of nitrogens with two attached hydrogens (primary N) is 1. The Hall–Kier alpha value is -1.14. The second-order valence-electron chi connectivity index (χ2n) is 7.39. The van der Waals surface area contributed by atoms with Gasteiger partial charge in [-0.25, -0.2) is 0 Å². The van der Waals surface area contributed by atoms with Gasteiger partial charge in [0, 0.05) is 39.2 Å². The Morgan fingerprint density at radius 3 is 2.39 bits per heavy atom. The van der Waals surface area contributed by atoms with E-state index in [0.29, 0.717) is 5.91 Å². The molecule has 2 saturated heterocycles. The molecule has 2 atom stereocenters. The molecule has 2 amide bonds. The van der Waals surface area contributed by atoms with Gasteiger partial charge >= 0.3 is 0 Å². The van der Waals surface area contributed by atoms with Crippen molar-refractivity contribution in [2.24, 2.45) is 17.1 Å². The molecule has 1 saturated carbocycles. The van der Waals surface area contributed by atoms with E-state index in [1.54, 1.807) is 7.11 Å². The Morgan fingerprint density at radius 1 is 1.13 bits per heavy atom. The van der Waals surface area contributed by atoms with Gasteiger partial charge in [-0.05, 0) is 43.9 Å². The van der Waals surface area contributed by atoms with Gasteiger partial charge in [0.2, 0.25) is 11.8 Å². The Kier molecular flexibility index (Phi) is 4.92. The zero-order chi connectivity index (χ0) is 16.4. The van der Waals surface area contributed by atoms with Crippen LogP contribution >= 0.6 is 0 Å². The van der Waals surface area contributed by atoms with Gasteiger partial charge in [0.15, 0.2) is 0 Å². The molecule has 2 N–H and O–H groups in total. The van der Waals surface area contributed by atoms with Gasteiger partial charge in [-0.1, -0.05) is 0 Å². The Bertz CT molecular complexity index is 454. The highest BCUT2D eigenvalue weighted by Crippen LogP contribution is 2.60. The number of rotatable bonds is 4. The van der Waals surface area contributed by atoms with Crippen LogP contribution in [-0.2, 0) is 14.3 Å². The topological polar surface area (TPSA) is 75.9 Å². The molecule has 0 aromatic carbocycles. The monoisotopic (exact) mass is 323 g/mol. The van der Waals surface area contributed by atoms with Gasteiger partial charge in [-0.3, -0.25) is 9.59 Å². The molecule has 1 spiro atoms. The van der Waals surface area contributed by atoms with Crippen LogP contribution in [0.15, 0.2) is 0 Å². The quantitative estimate of drug-likeness (QED) is 0.822. The van der Waals surface area contributed by atoms with Crippen LogP contribution in [0, 0.1) is 11.3 Å². The van der Waals surface area contributed by atoms with Crippen molar-refractivity contribution in [1.82, 2.24) is 9.80 Å². The second-order valence-corrected chi connectivity index (χ2v) is 7.39. The minimum atomic E-state index is -0.570. The lowest BCUT2D eigenvalue weighted by Crippen LogP contribution is -2.49. The largest absolute Gasteiger partial charge is 0.383 e. The average molecular weight is 323 g/mol. The third kappa shape index (κ3) is 3.38. The molecule has 3 rings (SSSR count). The molecule has 3 aliphatic rings. The minimum absolute atomic E-state index is 0.0266. The lowest BCUT2D eigenvalue weighted by molar-refractivity contribution is -0.136. The minimum Gasteiger partial charge on any atom is -0.383 e. The molecule has 1 aliphatic carbocycles. The van der Waals surface area contributed by atoms with Crippen molar-refractivity contribution >= 4 is 11.8 Å². The number of likely N-dealkylation sites (tertiary alicyclic amines) is 2. The fraction of sp³-hybridized carbons (Fsp3) is 0.882. The summed E-state index contributed by atoms with van der Waals surface area (Å²) in [5.41, 5.74) is 6.00. The summed E-state index contributed by atoms with van der Waals surface area (Å²) in [7, 11) is 1.55. The maximum atomic E-state index is 12.7. The maximum absolute atomic E-state index is 12.7. The fourth-order valence-electron chi connectivity index (χ4n) is 4.24. The van der Waals surface area contributed by atoms with E-state index in [2.05, 4.69) is 4.90 Å². The van der Waals surface area contributed by atoms with E-state index in [0.717, 1.165) is 58.3 Å². The molecular weight excluding hydrogens is 294 g/mol. The smallest absolute Gasteiger partial charge is 0.241 e. The first-order chi connectivity index (χ1) is 11.1. The SMILES string of the molecule is COCC(N)C(=O)N1CCC2(CC1)CC2C(=O)N1CCCCC1. The molecule has 23 heavy (non-hydrogen) atoms. The van der Waals surface area contributed by atoms with Crippen molar-refractivity contribution < 1.29 is 14.3 Å². The molecular formula is C17H29N3O3. The Morgan fingerprint density at radius 2 is 1.78 bits per heavy atom. The first-order valence-corrected chi connectivity index (χ1v) is 8.89. The van der Waals surface area contributed by atoms with Crippen LogP contribution in [0.3, 0.4) is 0 Å². The second kappa shape index (κ2) is 6.77. The molecule has 2 heterocycles. The number of ether oxygens (including phenoxy) is 1. The lowest BCUT2D eigenvalue weighted by atomic mass is 9.90. The highest BCUT2D eigenvalue weighted by molar-refractivity contribution is 5.84. The first kappa shape index (κ1) is 16.7. The van der Waals surface area contributed by atoms with Crippen LogP contribution in [0.4, 0.5) is 0 Å². The standard InChI is InChI=1S/C17H29N3O3/c1-23-12-14(18)16(22)20-9-5-17(6-10-20)11-13(17)15(21)19-7-3-2-4-8-19/h13-14H,2-12,18H2,1H3. The predicted octanol–water partition coefficient (Wildman–Crippen LogP) is 0.601. The molecule has 0 radical (unpaired) electrons. The number of piperidine rings is 2. The Labute approximate surface area is 138 Å². The summed E-state index contributed by atoms with van der Waals surface area (Å²) in [6.45, 7) is 3.57. The zero-order valence-corrected chi connectivity index (χ0v) is 14.1. The van der Waals surface area contributed by atoms with Gasteiger partial charge in [-0.2, -0.15) is 0 Å². The van der Waals surface area contributed by atoms with E-state index in [1.807, 2.05) is 4.90 Å². The summed E-state index contributed by atoms with van der Waals surface area (Å²) < 4.78 is 4.96. The van der Waals surface area contributed by atoms with E-state index in [9.17, 15) is 9.59 Å². The summed E-state index contributed by atoms with van der Waals surface area (Å²) in [4.78, 5) is 28.8. The predicted molar refractivity (Wildman–Crippen MR) is 86.6 cm³/mol. The van der Waals surface area contributed by atoms with E-state index >= 15 is 0 Å².